The third-order valence-electron chi connectivity index (χ3n) is 3.16. The first-order chi connectivity index (χ1) is 7.28. The van der Waals surface area contributed by atoms with Gasteiger partial charge in [0.25, 0.3) is 0 Å². The maximum atomic E-state index is 12.1. The van der Waals surface area contributed by atoms with Gasteiger partial charge in [-0.3, -0.25) is 0 Å². The van der Waals surface area contributed by atoms with Crippen LogP contribution in [0, 0.1) is 5.41 Å². The van der Waals surface area contributed by atoms with Gasteiger partial charge in [-0.1, -0.05) is 20.8 Å². The lowest BCUT2D eigenvalue weighted by Gasteiger charge is -2.37. The second-order valence-electron chi connectivity index (χ2n) is 5.46. The molecule has 96 valence electrons. The summed E-state index contributed by atoms with van der Waals surface area (Å²) in [5.74, 6) is 0.216. The molecule has 0 saturated carbocycles. The monoisotopic (exact) mass is 248 g/mol. The molecule has 0 aromatic carbocycles. The molecule has 0 aromatic heterocycles. The van der Waals surface area contributed by atoms with Gasteiger partial charge in [-0.2, -0.15) is 4.31 Å². The summed E-state index contributed by atoms with van der Waals surface area (Å²) in [5, 5.41) is 3.20. The summed E-state index contributed by atoms with van der Waals surface area (Å²) in [6.07, 6.45) is 0.864. The number of nitrogens with zero attached hydrogens (tertiary/aromatic N) is 1. The molecule has 0 spiro atoms. The minimum atomic E-state index is -3.09. The smallest absolute Gasteiger partial charge is 0.215 e. The predicted molar refractivity (Wildman–Crippen MR) is 66.9 cm³/mol. The molecule has 0 amide bonds. The molecular weight excluding hydrogens is 224 g/mol. The molecule has 1 atom stereocenters. The minimum absolute atomic E-state index is 0.00306. The van der Waals surface area contributed by atoms with E-state index < -0.39 is 10.0 Å². The minimum Gasteiger partial charge on any atom is -0.315 e. The highest BCUT2D eigenvalue weighted by Gasteiger charge is 2.33. The van der Waals surface area contributed by atoms with Crippen molar-refractivity contribution in [1.29, 1.82) is 0 Å². The largest absolute Gasteiger partial charge is 0.315 e. The molecule has 4 nitrogen and oxygen atoms in total. The van der Waals surface area contributed by atoms with Crippen LogP contribution in [0.15, 0.2) is 0 Å². The molecule has 1 heterocycles. The molecular formula is C11H24N2O2S. The molecule has 1 aliphatic rings. The molecule has 1 fully saturated rings. The van der Waals surface area contributed by atoms with Gasteiger partial charge in [-0.05, 0) is 18.8 Å². The third-order valence-corrected chi connectivity index (χ3v) is 5.09. The van der Waals surface area contributed by atoms with E-state index in [0.717, 1.165) is 13.0 Å². The second kappa shape index (κ2) is 5.02. The Kier molecular flexibility index (Phi) is 4.37. The Hall–Kier alpha value is -0.130. The molecule has 1 unspecified atom stereocenters. The van der Waals surface area contributed by atoms with Crippen LogP contribution < -0.4 is 5.32 Å². The van der Waals surface area contributed by atoms with Gasteiger partial charge < -0.3 is 5.32 Å². The van der Waals surface area contributed by atoms with Crippen molar-refractivity contribution in [2.45, 2.75) is 40.2 Å². The molecule has 16 heavy (non-hydrogen) atoms. The zero-order chi connectivity index (χ0) is 12.4. The van der Waals surface area contributed by atoms with Gasteiger partial charge in [-0.15, -0.1) is 0 Å². The Labute approximate surface area is 99.5 Å². The molecule has 0 aromatic rings. The quantitative estimate of drug-likeness (QED) is 0.794. The topological polar surface area (TPSA) is 49.4 Å². The molecule has 0 radical (unpaired) electrons. The zero-order valence-corrected chi connectivity index (χ0v) is 11.6. The van der Waals surface area contributed by atoms with Crippen LogP contribution in [0.4, 0.5) is 0 Å². The summed E-state index contributed by atoms with van der Waals surface area (Å²) in [6.45, 7) is 10.3. The van der Waals surface area contributed by atoms with Gasteiger partial charge in [-0.25, -0.2) is 8.42 Å². The van der Waals surface area contributed by atoms with Crippen LogP contribution in [-0.4, -0.2) is 44.2 Å². The highest BCUT2D eigenvalue weighted by atomic mass is 32.2. The van der Waals surface area contributed by atoms with Crippen molar-refractivity contribution in [3.63, 3.8) is 0 Å². The van der Waals surface area contributed by atoms with E-state index >= 15 is 0 Å². The number of nitrogens with one attached hydrogen (secondary N) is 1. The lowest BCUT2D eigenvalue weighted by Crippen LogP contribution is -2.51. The molecule has 1 saturated heterocycles. The summed E-state index contributed by atoms with van der Waals surface area (Å²) in [7, 11) is -3.09. The van der Waals surface area contributed by atoms with E-state index in [1.807, 2.05) is 13.8 Å². The predicted octanol–water partition coefficient (Wildman–Crippen LogP) is 1.05. The highest BCUT2D eigenvalue weighted by molar-refractivity contribution is 7.89. The summed E-state index contributed by atoms with van der Waals surface area (Å²) in [4.78, 5) is 0. The molecule has 1 rings (SSSR count). The molecule has 5 heteroatoms. The van der Waals surface area contributed by atoms with Crippen LogP contribution in [0.1, 0.15) is 34.1 Å². The summed E-state index contributed by atoms with van der Waals surface area (Å²) >= 11 is 0. The fourth-order valence-corrected chi connectivity index (χ4v) is 3.84. The Morgan fingerprint density at radius 2 is 2.06 bits per heavy atom. The van der Waals surface area contributed by atoms with E-state index in [4.69, 9.17) is 0 Å². The van der Waals surface area contributed by atoms with Crippen molar-refractivity contribution < 1.29 is 8.42 Å². The van der Waals surface area contributed by atoms with Gasteiger partial charge in [0.15, 0.2) is 0 Å². The molecule has 1 N–H and O–H groups in total. The molecule has 0 bridgehead atoms. The molecule has 1 aliphatic heterocycles. The highest BCUT2D eigenvalue weighted by Crippen LogP contribution is 2.22. The summed E-state index contributed by atoms with van der Waals surface area (Å²) in [5.41, 5.74) is -0.00306. The van der Waals surface area contributed by atoms with E-state index in [1.165, 1.54) is 0 Å². The molecule has 0 aliphatic carbocycles. The fraction of sp³-hybridized carbons (Fsp3) is 1.00. The first-order valence-electron chi connectivity index (χ1n) is 5.99. The van der Waals surface area contributed by atoms with E-state index in [0.29, 0.717) is 13.1 Å². The second-order valence-corrected chi connectivity index (χ2v) is 7.50. The Bertz CT molecular complexity index is 325. The van der Waals surface area contributed by atoms with Crippen LogP contribution in [0.5, 0.6) is 0 Å². The van der Waals surface area contributed by atoms with E-state index in [1.54, 1.807) is 4.31 Å². The standard InChI is InChI=1S/C11H24N2O2S/c1-5-10(2)13-9-11(3,4)8-12-6-7-16(13,14)15/h10,12H,5-9H2,1-4H3. The lowest BCUT2D eigenvalue weighted by atomic mass is 9.93. The first kappa shape index (κ1) is 13.9. The van der Waals surface area contributed by atoms with Crippen LogP contribution in [0.2, 0.25) is 0 Å². The number of hydrogen-bond acceptors (Lipinski definition) is 3. The van der Waals surface area contributed by atoms with Gasteiger partial charge in [0.05, 0.1) is 5.75 Å². The van der Waals surface area contributed by atoms with E-state index in [2.05, 4.69) is 19.2 Å². The van der Waals surface area contributed by atoms with Gasteiger partial charge in [0.1, 0.15) is 0 Å². The first-order valence-corrected chi connectivity index (χ1v) is 7.60. The Morgan fingerprint density at radius 1 is 1.44 bits per heavy atom. The van der Waals surface area contributed by atoms with Crippen LogP contribution in [0.3, 0.4) is 0 Å². The van der Waals surface area contributed by atoms with Crippen molar-refractivity contribution in [1.82, 2.24) is 9.62 Å². The van der Waals surface area contributed by atoms with Crippen molar-refractivity contribution in [2.75, 3.05) is 25.4 Å². The normalized spacial score (nSPS) is 28.0. The van der Waals surface area contributed by atoms with Gasteiger partial charge in [0.2, 0.25) is 10.0 Å². The zero-order valence-electron chi connectivity index (χ0n) is 10.8. The fourth-order valence-electron chi connectivity index (χ4n) is 1.95. The SMILES string of the molecule is CCC(C)N1CC(C)(C)CNCCS1(=O)=O. The van der Waals surface area contributed by atoms with Crippen molar-refractivity contribution >= 4 is 10.0 Å². The number of sulfonamides is 1. The Balaban J connectivity index is 2.95. The van der Waals surface area contributed by atoms with Crippen LogP contribution in [-0.2, 0) is 10.0 Å². The van der Waals surface area contributed by atoms with Crippen LogP contribution >= 0.6 is 0 Å². The lowest BCUT2D eigenvalue weighted by molar-refractivity contribution is 0.210. The summed E-state index contributed by atoms with van der Waals surface area (Å²) < 4.78 is 25.9. The number of rotatable bonds is 2. The van der Waals surface area contributed by atoms with Crippen molar-refractivity contribution in [2.24, 2.45) is 5.41 Å². The summed E-state index contributed by atoms with van der Waals surface area (Å²) in [6, 6.07) is 0.0994. The van der Waals surface area contributed by atoms with E-state index in [9.17, 15) is 8.42 Å². The van der Waals surface area contributed by atoms with Gasteiger partial charge in [0, 0.05) is 25.7 Å². The maximum absolute atomic E-state index is 12.1. The average molecular weight is 248 g/mol. The Morgan fingerprint density at radius 3 is 2.62 bits per heavy atom. The maximum Gasteiger partial charge on any atom is 0.215 e. The van der Waals surface area contributed by atoms with Crippen molar-refractivity contribution in [3.8, 4) is 0 Å². The van der Waals surface area contributed by atoms with Crippen molar-refractivity contribution in [3.05, 3.63) is 0 Å². The van der Waals surface area contributed by atoms with Gasteiger partial charge >= 0.3 is 0 Å². The van der Waals surface area contributed by atoms with E-state index in [-0.39, 0.29) is 17.2 Å². The van der Waals surface area contributed by atoms with Crippen LogP contribution in [0.25, 0.3) is 0 Å². The number of hydrogen-bond donors (Lipinski definition) is 1. The third kappa shape index (κ3) is 3.43. The average Bonchev–Trinajstić information content (AvgIpc) is 2.18.